The minimum absolute atomic E-state index is 0.112. The lowest BCUT2D eigenvalue weighted by Gasteiger charge is -2.19. The van der Waals surface area contributed by atoms with E-state index in [0.29, 0.717) is 25.8 Å². The molecule has 1 unspecified atom stereocenters. The monoisotopic (exact) mass is 568 g/mol. The molecule has 0 rings (SSSR count). The van der Waals surface area contributed by atoms with Crippen LogP contribution in [0.25, 0.3) is 0 Å². The largest absolute Gasteiger partial charge is 0.354 e. The van der Waals surface area contributed by atoms with Crippen molar-refractivity contribution >= 4 is 17.8 Å². The molecular weight excluding hydrogens is 508 g/mol. The Kier molecular flexibility index (Phi) is 26.5. The third kappa shape index (κ3) is 25.9. The van der Waals surface area contributed by atoms with Gasteiger partial charge in [0.1, 0.15) is 6.04 Å². The molecule has 0 aromatic heterocycles. The molecule has 0 saturated carbocycles. The highest BCUT2D eigenvalue weighted by molar-refractivity contribution is 5.87. The SMILES string of the molecule is CCCCCCCCCCCCCCCC(=O)NC(CCCNC(=N)N[N+](=O)[O-])C(=O)NCCCCCCCC. The van der Waals surface area contributed by atoms with Crippen molar-refractivity contribution in [2.75, 3.05) is 13.1 Å². The van der Waals surface area contributed by atoms with Gasteiger partial charge in [-0.2, -0.15) is 0 Å². The Labute approximate surface area is 243 Å². The maximum atomic E-state index is 12.8. The van der Waals surface area contributed by atoms with E-state index in [1.807, 2.05) is 0 Å². The van der Waals surface area contributed by atoms with Crippen molar-refractivity contribution in [1.29, 1.82) is 5.41 Å². The number of nitrogens with zero attached hydrogens (tertiary/aromatic N) is 1. The van der Waals surface area contributed by atoms with Gasteiger partial charge in [-0.05, 0) is 25.7 Å². The smallest absolute Gasteiger partial charge is 0.251 e. The number of hydrogen-bond donors (Lipinski definition) is 5. The van der Waals surface area contributed by atoms with Crippen molar-refractivity contribution in [2.24, 2.45) is 0 Å². The van der Waals surface area contributed by atoms with Gasteiger partial charge in [0, 0.05) is 19.5 Å². The molecule has 0 spiro atoms. The number of unbranched alkanes of at least 4 members (excludes halogenated alkanes) is 17. The number of hydrazine groups is 1. The van der Waals surface area contributed by atoms with Crippen molar-refractivity contribution in [3.05, 3.63) is 10.1 Å². The minimum Gasteiger partial charge on any atom is -0.354 e. The van der Waals surface area contributed by atoms with Crippen molar-refractivity contribution in [3.8, 4) is 0 Å². The lowest BCUT2D eigenvalue weighted by atomic mass is 10.0. The lowest BCUT2D eigenvalue weighted by molar-refractivity contribution is -0.525. The summed E-state index contributed by atoms with van der Waals surface area (Å²) in [5.41, 5.74) is 1.74. The first-order valence-corrected chi connectivity index (χ1v) is 16.2. The highest BCUT2D eigenvalue weighted by Gasteiger charge is 2.20. The van der Waals surface area contributed by atoms with E-state index in [-0.39, 0.29) is 18.4 Å². The Morgan fingerprint density at radius 3 is 1.62 bits per heavy atom. The van der Waals surface area contributed by atoms with Crippen LogP contribution in [0.5, 0.6) is 0 Å². The quantitative estimate of drug-likeness (QED) is 0.0239. The van der Waals surface area contributed by atoms with Gasteiger partial charge in [0.15, 0.2) is 5.03 Å². The molecule has 5 N–H and O–H groups in total. The fraction of sp³-hybridized carbons (Fsp3) is 0.900. The zero-order valence-corrected chi connectivity index (χ0v) is 25.6. The van der Waals surface area contributed by atoms with Gasteiger partial charge in [-0.1, -0.05) is 128 Å². The molecule has 0 aromatic rings. The summed E-state index contributed by atoms with van der Waals surface area (Å²) in [4.78, 5) is 35.8. The van der Waals surface area contributed by atoms with Gasteiger partial charge in [-0.15, -0.1) is 0 Å². The van der Waals surface area contributed by atoms with Crippen LogP contribution in [-0.2, 0) is 9.59 Å². The summed E-state index contributed by atoms with van der Waals surface area (Å²) in [7, 11) is 0. The van der Waals surface area contributed by atoms with E-state index < -0.39 is 17.0 Å². The second kappa shape index (κ2) is 28.1. The van der Waals surface area contributed by atoms with Crippen LogP contribution in [0.1, 0.15) is 155 Å². The van der Waals surface area contributed by atoms with Gasteiger partial charge >= 0.3 is 0 Å². The molecule has 10 nitrogen and oxygen atoms in total. The molecule has 1 atom stereocenters. The Morgan fingerprint density at radius 1 is 0.675 bits per heavy atom. The fourth-order valence-electron chi connectivity index (χ4n) is 4.73. The predicted molar refractivity (Wildman–Crippen MR) is 164 cm³/mol. The Bertz CT molecular complexity index is 662. The van der Waals surface area contributed by atoms with Crippen molar-refractivity contribution in [2.45, 2.75) is 161 Å². The highest BCUT2D eigenvalue weighted by atomic mass is 16.7. The summed E-state index contributed by atoms with van der Waals surface area (Å²) in [6, 6.07) is -0.644. The third-order valence-corrected chi connectivity index (χ3v) is 7.16. The topological polar surface area (TPSA) is 149 Å². The summed E-state index contributed by atoms with van der Waals surface area (Å²) in [5.74, 6) is -0.704. The van der Waals surface area contributed by atoms with Crippen molar-refractivity contribution < 1.29 is 14.6 Å². The molecule has 40 heavy (non-hydrogen) atoms. The normalized spacial score (nSPS) is 11.6. The number of carbonyl (C=O) groups excluding carboxylic acids is 2. The van der Waals surface area contributed by atoms with E-state index in [2.05, 4.69) is 29.8 Å². The fourth-order valence-corrected chi connectivity index (χ4v) is 4.73. The van der Waals surface area contributed by atoms with E-state index in [1.165, 1.54) is 89.9 Å². The zero-order valence-electron chi connectivity index (χ0n) is 25.6. The molecule has 0 aliphatic carbocycles. The Balaban J connectivity index is 4.21. The number of hydrogen-bond acceptors (Lipinski definition) is 5. The first kappa shape index (κ1) is 37.6. The number of nitrogens with one attached hydrogen (secondary N) is 5. The van der Waals surface area contributed by atoms with Crippen LogP contribution >= 0.6 is 0 Å². The van der Waals surface area contributed by atoms with E-state index >= 15 is 0 Å². The van der Waals surface area contributed by atoms with Gasteiger partial charge < -0.3 is 16.0 Å². The van der Waals surface area contributed by atoms with Crippen LogP contribution < -0.4 is 21.4 Å². The summed E-state index contributed by atoms with van der Waals surface area (Å²) in [6.07, 6.45) is 24.3. The maximum absolute atomic E-state index is 12.8. The standard InChI is InChI=1S/C30H60N6O4/c1-3-5-7-9-11-12-13-14-15-16-17-18-20-24-28(37)34-27(23-22-26-33-30(31)35-36(39)40)29(38)32-25-21-19-10-8-6-4-2/h27H,3-26H2,1-2H3,(H,32,38)(H,34,37)(H3,31,33,35). The molecule has 234 valence electrons. The van der Waals surface area contributed by atoms with Gasteiger partial charge in [-0.3, -0.25) is 15.0 Å². The van der Waals surface area contributed by atoms with E-state index in [1.54, 1.807) is 5.43 Å². The molecule has 0 heterocycles. The average molecular weight is 569 g/mol. The number of guanidine groups is 1. The Hall–Kier alpha value is -2.39. The molecule has 0 saturated heterocycles. The first-order chi connectivity index (χ1) is 19.4. The zero-order chi connectivity index (χ0) is 29.7. The predicted octanol–water partition coefficient (Wildman–Crippen LogP) is 6.52. The average Bonchev–Trinajstić information content (AvgIpc) is 2.92. The van der Waals surface area contributed by atoms with Crippen LogP contribution in [-0.4, -0.2) is 41.9 Å². The van der Waals surface area contributed by atoms with Crippen molar-refractivity contribution in [1.82, 2.24) is 21.4 Å². The number of nitro groups is 1. The second-order valence-electron chi connectivity index (χ2n) is 11.0. The summed E-state index contributed by atoms with van der Waals surface area (Å²) >= 11 is 0. The number of rotatable bonds is 28. The first-order valence-electron chi connectivity index (χ1n) is 16.2. The lowest BCUT2D eigenvalue weighted by Crippen LogP contribution is -2.47. The number of amides is 2. The summed E-state index contributed by atoms with van der Waals surface area (Å²) < 4.78 is 0. The maximum Gasteiger partial charge on any atom is 0.251 e. The molecule has 0 radical (unpaired) electrons. The van der Waals surface area contributed by atoms with Gasteiger partial charge in [-0.25, -0.2) is 10.1 Å². The summed E-state index contributed by atoms with van der Waals surface area (Å²) in [6.45, 7) is 5.31. The van der Waals surface area contributed by atoms with Gasteiger partial charge in [0.2, 0.25) is 11.8 Å². The van der Waals surface area contributed by atoms with E-state index in [0.717, 1.165) is 32.1 Å². The minimum atomic E-state index is -0.801. The molecule has 0 aliphatic rings. The molecule has 0 fully saturated rings. The van der Waals surface area contributed by atoms with Gasteiger partial charge in [0.05, 0.1) is 0 Å². The van der Waals surface area contributed by atoms with Crippen LogP contribution in [0.4, 0.5) is 0 Å². The van der Waals surface area contributed by atoms with E-state index in [9.17, 15) is 19.7 Å². The molecule has 0 aliphatic heterocycles. The highest BCUT2D eigenvalue weighted by Crippen LogP contribution is 2.13. The van der Waals surface area contributed by atoms with Crippen LogP contribution in [0.15, 0.2) is 0 Å². The summed E-state index contributed by atoms with van der Waals surface area (Å²) in [5, 5.41) is 25.5. The molecular formula is C30H60N6O4. The molecule has 2 amide bonds. The Morgan fingerprint density at radius 2 is 1.12 bits per heavy atom. The van der Waals surface area contributed by atoms with Crippen molar-refractivity contribution in [3.63, 3.8) is 0 Å². The third-order valence-electron chi connectivity index (χ3n) is 7.16. The van der Waals surface area contributed by atoms with Gasteiger partial charge in [0.25, 0.3) is 5.96 Å². The molecule has 0 bridgehead atoms. The van der Waals surface area contributed by atoms with Crippen LogP contribution in [0.2, 0.25) is 0 Å². The second-order valence-corrected chi connectivity index (χ2v) is 11.0. The number of carbonyl (C=O) groups is 2. The van der Waals surface area contributed by atoms with E-state index in [4.69, 9.17) is 5.41 Å². The molecule has 10 heteroatoms. The van der Waals surface area contributed by atoms with Crippen LogP contribution in [0.3, 0.4) is 0 Å². The molecule has 0 aromatic carbocycles. The van der Waals surface area contributed by atoms with Crippen LogP contribution in [0, 0.1) is 15.5 Å².